The molecule has 4 nitrogen and oxygen atoms in total. The Kier molecular flexibility index (Phi) is 4.67. The predicted octanol–water partition coefficient (Wildman–Crippen LogP) is 3.55. The SMILES string of the molecule is COc1ccc2c(c1OC)OC(C)(C)CC2NCC(C)C. The minimum Gasteiger partial charge on any atom is -0.493 e. The van der Waals surface area contributed by atoms with E-state index in [0.29, 0.717) is 17.4 Å². The van der Waals surface area contributed by atoms with Crippen molar-refractivity contribution in [1.29, 1.82) is 0 Å². The Morgan fingerprint density at radius 1 is 1.29 bits per heavy atom. The van der Waals surface area contributed by atoms with E-state index in [2.05, 4.69) is 39.1 Å². The van der Waals surface area contributed by atoms with Crippen molar-refractivity contribution in [3.05, 3.63) is 17.7 Å². The van der Waals surface area contributed by atoms with Gasteiger partial charge in [0.05, 0.1) is 14.2 Å². The largest absolute Gasteiger partial charge is 0.493 e. The first kappa shape index (κ1) is 16.0. The summed E-state index contributed by atoms with van der Waals surface area (Å²) in [5.41, 5.74) is 0.911. The van der Waals surface area contributed by atoms with Crippen molar-refractivity contribution in [2.24, 2.45) is 5.92 Å². The molecule has 1 aliphatic rings. The summed E-state index contributed by atoms with van der Waals surface area (Å²) in [6, 6.07) is 4.29. The number of nitrogens with one attached hydrogen (secondary N) is 1. The Labute approximate surface area is 127 Å². The number of hydrogen-bond donors (Lipinski definition) is 1. The molecule has 0 fully saturated rings. The average molecular weight is 293 g/mol. The Bertz CT molecular complexity index is 497. The van der Waals surface area contributed by atoms with Crippen molar-refractivity contribution in [2.45, 2.75) is 45.8 Å². The summed E-state index contributed by atoms with van der Waals surface area (Å²) < 4.78 is 17.1. The maximum atomic E-state index is 6.18. The predicted molar refractivity (Wildman–Crippen MR) is 84.5 cm³/mol. The Hall–Kier alpha value is -1.42. The smallest absolute Gasteiger partial charge is 0.203 e. The summed E-state index contributed by atoms with van der Waals surface area (Å²) >= 11 is 0. The van der Waals surface area contributed by atoms with Crippen LogP contribution in [0.2, 0.25) is 0 Å². The van der Waals surface area contributed by atoms with E-state index in [1.165, 1.54) is 0 Å². The lowest BCUT2D eigenvalue weighted by atomic mass is 9.89. The summed E-state index contributed by atoms with van der Waals surface area (Å²) in [4.78, 5) is 0. The quantitative estimate of drug-likeness (QED) is 0.901. The molecule has 21 heavy (non-hydrogen) atoms. The molecule has 4 heteroatoms. The van der Waals surface area contributed by atoms with E-state index in [9.17, 15) is 0 Å². The van der Waals surface area contributed by atoms with Crippen LogP contribution in [-0.2, 0) is 0 Å². The summed E-state index contributed by atoms with van der Waals surface area (Å²) in [7, 11) is 3.30. The van der Waals surface area contributed by atoms with Crippen molar-refractivity contribution in [3.8, 4) is 17.2 Å². The highest BCUT2D eigenvalue weighted by atomic mass is 16.5. The van der Waals surface area contributed by atoms with Gasteiger partial charge in [-0.05, 0) is 38.4 Å². The molecule has 118 valence electrons. The third-order valence-electron chi connectivity index (χ3n) is 3.75. The van der Waals surface area contributed by atoms with Gasteiger partial charge in [0.1, 0.15) is 5.60 Å². The van der Waals surface area contributed by atoms with E-state index in [4.69, 9.17) is 14.2 Å². The van der Waals surface area contributed by atoms with Gasteiger partial charge in [0.15, 0.2) is 11.5 Å². The lowest BCUT2D eigenvalue weighted by molar-refractivity contribution is 0.0612. The molecule has 0 saturated heterocycles. The summed E-state index contributed by atoms with van der Waals surface area (Å²) in [6.45, 7) is 9.63. The lowest BCUT2D eigenvalue weighted by Gasteiger charge is -2.39. The van der Waals surface area contributed by atoms with E-state index in [1.54, 1.807) is 14.2 Å². The second kappa shape index (κ2) is 6.14. The molecule has 1 atom stereocenters. The fourth-order valence-corrected chi connectivity index (χ4v) is 2.77. The van der Waals surface area contributed by atoms with Gasteiger partial charge in [-0.15, -0.1) is 0 Å². The molecule has 0 saturated carbocycles. The monoisotopic (exact) mass is 293 g/mol. The second-order valence-corrected chi connectivity index (χ2v) is 6.64. The molecule has 1 unspecified atom stereocenters. The summed E-state index contributed by atoms with van der Waals surface area (Å²) in [6.07, 6.45) is 0.933. The maximum Gasteiger partial charge on any atom is 0.203 e. The molecule has 0 aromatic heterocycles. The van der Waals surface area contributed by atoms with Gasteiger partial charge in [0.2, 0.25) is 5.75 Å². The van der Waals surface area contributed by atoms with Gasteiger partial charge >= 0.3 is 0 Å². The fourth-order valence-electron chi connectivity index (χ4n) is 2.77. The Morgan fingerprint density at radius 2 is 2.00 bits per heavy atom. The number of ether oxygens (including phenoxy) is 3. The number of benzene rings is 1. The van der Waals surface area contributed by atoms with Gasteiger partial charge in [-0.3, -0.25) is 0 Å². The van der Waals surface area contributed by atoms with Gasteiger partial charge in [-0.1, -0.05) is 13.8 Å². The van der Waals surface area contributed by atoms with Crippen LogP contribution in [0.3, 0.4) is 0 Å². The summed E-state index contributed by atoms with van der Waals surface area (Å²) in [5.74, 6) is 2.80. The third kappa shape index (κ3) is 3.43. The highest BCUT2D eigenvalue weighted by Crippen LogP contribution is 2.48. The van der Waals surface area contributed by atoms with Gasteiger partial charge in [-0.2, -0.15) is 0 Å². The maximum absolute atomic E-state index is 6.18. The van der Waals surface area contributed by atoms with Crippen molar-refractivity contribution < 1.29 is 14.2 Å². The average Bonchev–Trinajstić information content (AvgIpc) is 2.42. The number of fused-ring (bicyclic) bond motifs is 1. The van der Waals surface area contributed by atoms with Crippen molar-refractivity contribution >= 4 is 0 Å². The van der Waals surface area contributed by atoms with Crippen LogP contribution < -0.4 is 19.5 Å². The van der Waals surface area contributed by atoms with Crippen LogP contribution in [0.1, 0.15) is 45.7 Å². The lowest BCUT2D eigenvalue weighted by Crippen LogP contribution is -2.40. The van der Waals surface area contributed by atoms with Crippen molar-refractivity contribution in [2.75, 3.05) is 20.8 Å². The topological polar surface area (TPSA) is 39.7 Å². The first-order valence-electron chi connectivity index (χ1n) is 7.55. The molecule has 2 rings (SSSR count). The minimum absolute atomic E-state index is 0.235. The van der Waals surface area contributed by atoms with E-state index in [-0.39, 0.29) is 11.6 Å². The highest BCUT2D eigenvalue weighted by molar-refractivity contribution is 5.57. The fraction of sp³-hybridized carbons (Fsp3) is 0.647. The molecule has 0 amide bonds. The molecule has 1 aliphatic heterocycles. The van der Waals surface area contributed by atoms with Gasteiger partial charge in [0, 0.05) is 18.0 Å². The first-order chi connectivity index (χ1) is 9.88. The first-order valence-corrected chi connectivity index (χ1v) is 7.55. The number of hydrogen-bond acceptors (Lipinski definition) is 4. The van der Waals surface area contributed by atoms with Crippen LogP contribution in [0.25, 0.3) is 0 Å². The van der Waals surface area contributed by atoms with Crippen LogP contribution in [0.4, 0.5) is 0 Å². The van der Waals surface area contributed by atoms with Crippen LogP contribution in [0.15, 0.2) is 12.1 Å². The van der Waals surface area contributed by atoms with Gasteiger partial charge in [-0.25, -0.2) is 0 Å². The van der Waals surface area contributed by atoms with Crippen molar-refractivity contribution in [3.63, 3.8) is 0 Å². The third-order valence-corrected chi connectivity index (χ3v) is 3.75. The molecule has 0 radical (unpaired) electrons. The molecule has 0 bridgehead atoms. The zero-order valence-corrected chi connectivity index (χ0v) is 13.9. The van der Waals surface area contributed by atoms with Crippen molar-refractivity contribution in [1.82, 2.24) is 5.32 Å². The second-order valence-electron chi connectivity index (χ2n) is 6.64. The Balaban J connectivity index is 2.42. The number of methoxy groups -OCH3 is 2. The standard InChI is InChI=1S/C17H27NO3/c1-11(2)10-18-13-9-17(3,4)21-15-12(13)7-8-14(19-5)16(15)20-6/h7-8,11,13,18H,9-10H2,1-6H3. The zero-order chi connectivity index (χ0) is 15.6. The van der Waals surface area contributed by atoms with Gasteiger partial charge in [0.25, 0.3) is 0 Å². The molecule has 1 N–H and O–H groups in total. The van der Waals surface area contributed by atoms with Crippen LogP contribution in [0, 0.1) is 5.92 Å². The van der Waals surface area contributed by atoms with Crippen LogP contribution in [-0.4, -0.2) is 26.4 Å². The van der Waals surface area contributed by atoms with E-state index in [1.807, 2.05) is 6.07 Å². The normalized spacial score (nSPS) is 19.9. The Morgan fingerprint density at radius 3 is 2.57 bits per heavy atom. The molecular weight excluding hydrogens is 266 g/mol. The van der Waals surface area contributed by atoms with Gasteiger partial charge < -0.3 is 19.5 Å². The van der Waals surface area contributed by atoms with Crippen LogP contribution in [0.5, 0.6) is 17.2 Å². The molecule has 0 aliphatic carbocycles. The molecule has 1 aromatic rings. The minimum atomic E-state index is -0.235. The van der Waals surface area contributed by atoms with E-state index >= 15 is 0 Å². The molecule has 0 spiro atoms. The van der Waals surface area contributed by atoms with Crippen LogP contribution >= 0.6 is 0 Å². The van der Waals surface area contributed by atoms with E-state index < -0.39 is 0 Å². The van der Waals surface area contributed by atoms with E-state index in [0.717, 1.165) is 24.3 Å². The number of rotatable bonds is 5. The molecule has 1 aromatic carbocycles. The zero-order valence-electron chi connectivity index (χ0n) is 13.9. The summed E-state index contributed by atoms with van der Waals surface area (Å²) in [5, 5.41) is 3.65. The molecule has 1 heterocycles. The molecular formula is C17H27NO3. The highest BCUT2D eigenvalue weighted by Gasteiger charge is 2.36.